The Balaban J connectivity index is 1.81. The molecule has 0 aliphatic heterocycles. The number of aryl methyl sites for hydroxylation is 2. The highest BCUT2D eigenvalue weighted by Crippen LogP contribution is 2.34. The predicted molar refractivity (Wildman–Crippen MR) is 216 cm³/mol. The predicted octanol–water partition coefficient (Wildman–Crippen LogP) is 13.5. The van der Waals surface area contributed by atoms with Crippen LogP contribution in [0, 0.1) is 0 Å². The summed E-state index contributed by atoms with van der Waals surface area (Å²) in [6.07, 6.45) is 24.5. The van der Waals surface area contributed by atoms with E-state index in [0.717, 1.165) is 0 Å². The van der Waals surface area contributed by atoms with Gasteiger partial charge in [0.25, 0.3) is 0 Å². The normalized spacial score (nSPS) is 12.2. The van der Waals surface area contributed by atoms with Crippen molar-refractivity contribution in [3.63, 3.8) is 0 Å². The van der Waals surface area contributed by atoms with Gasteiger partial charge in [0.15, 0.2) is 0 Å². The maximum absolute atomic E-state index is 2.52. The average Bonchev–Trinajstić information content (AvgIpc) is 3.02. The molecule has 0 bridgehead atoms. The lowest BCUT2D eigenvalue weighted by Crippen LogP contribution is -2.45. The zero-order chi connectivity index (χ0) is 33.4. The Morgan fingerprint density at radius 1 is 0.348 bits per heavy atom. The van der Waals surface area contributed by atoms with E-state index in [1.807, 2.05) is 0 Å². The Morgan fingerprint density at radius 3 is 0.913 bits per heavy atom. The summed E-state index contributed by atoms with van der Waals surface area (Å²) < 4.78 is 0. The Labute approximate surface area is 288 Å². The third kappa shape index (κ3) is 12.6. The summed E-state index contributed by atoms with van der Waals surface area (Å²) >= 11 is 0. The van der Waals surface area contributed by atoms with Crippen LogP contribution >= 0.6 is 0 Å². The van der Waals surface area contributed by atoms with Crippen molar-refractivity contribution in [2.45, 2.75) is 169 Å². The topological polar surface area (TPSA) is 0 Å². The van der Waals surface area contributed by atoms with Gasteiger partial charge >= 0.3 is 0 Å². The van der Waals surface area contributed by atoms with E-state index in [1.165, 1.54) is 149 Å². The molecule has 0 nitrogen and oxygen atoms in total. The molecule has 0 aliphatic carbocycles. The Morgan fingerprint density at radius 2 is 0.630 bits per heavy atom. The van der Waals surface area contributed by atoms with Gasteiger partial charge in [-0.2, -0.15) is 0 Å². The number of unbranched alkanes of at least 4 members (excludes halogenated alkanes) is 14. The van der Waals surface area contributed by atoms with Crippen molar-refractivity contribution < 1.29 is 0 Å². The average molecular weight is 655 g/mol. The second-order valence-corrected chi connectivity index (χ2v) is 26.3. The molecule has 3 aromatic rings. The number of rotatable bonds is 22. The first-order chi connectivity index (χ1) is 22.1. The van der Waals surface area contributed by atoms with Crippen LogP contribution in [0.1, 0.15) is 128 Å². The van der Waals surface area contributed by atoms with E-state index in [2.05, 4.69) is 114 Å². The molecule has 0 spiro atoms. The van der Waals surface area contributed by atoms with Crippen molar-refractivity contribution in [1.82, 2.24) is 0 Å². The van der Waals surface area contributed by atoms with Gasteiger partial charge in [0, 0.05) is 0 Å². The van der Waals surface area contributed by atoms with Crippen LogP contribution in [-0.4, -0.2) is 16.1 Å². The molecule has 46 heavy (non-hydrogen) atoms. The zero-order valence-corrected chi connectivity index (χ0v) is 33.5. The minimum atomic E-state index is -1.60. The molecule has 0 heterocycles. The van der Waals surface area contributed by atoms with Crippen LogP contribution in [0.5, 0.6) is 0 Å². The van der Waals surface area contributed by atoms with Crippen molar-refractivity contribution >= 4 is 26.5 Å². The van der Waals surface area contributed by atoms with E-state index in [1.54, 1.807) is 10.4 Å². The van der Waals surface area contributed by atoms with Crippen LogP contribution < -0.4 is 10.4 Å². The SMILES string of the molecule is CCCCCCCCCCc1ccc(-c2c([Si](C)(C)C)ccc([Si](C)(C)C)c2-c2ccc(CCCCCCCCCC)cc2)cc1. The van der Waals surface area contributed by atoms with Gasteiger partial charge in [-0.05, 0) is 59.1 Å². The molecule has 0 amide bonds. The largest absolute Gasteiger partial charge is 0.0784 e. The van der Waals surface area contributed by atoms with Gasteiger partial charge in [-0.25, -0.2) is 0 Å². The van der Waals surface area contributed by atoms with Crippen LogP contribution in [0.15, 0.2) is 60.7 Å². The van der Waals surface area contributed by atoms with Gasteiger partial charge in [0.1, 0.15) is 0 Å². The van der Waals surface area contributed by atoms with Crippen molar-refractivity contribution in [3.8, 4) is 22.3 Å². The number of hydrogen-bond donors (Lipinski definition) is 0. The Kier molecular flexibility index (Phi) is 16.6. The molecule has 3 aromatic carbocycles. The van der Waals surface area contributed by atoms with E-state index in [9.17, 15) is 0 Å². The lowest BCUT2D eigenvalue weighted by Gasteiger charge is -2.30. The van der Waals surface area contributed by atoms with Crippen LogP contribution in [0.2, 0.25) is 39.3 Å². The summed E-state index contributed by atoms with van der Waals surface area (Å²) in [6, 6.07) is 24.6. The first-order valence-electron chi connectivity index (χ1n) is 19.4. The summed E-state index contributed by atoms with van der Waals surface area (Å²) in [7, 11) is -3.19. The van der Waals surface area contributed by atoms with E-state index >= 15 is 0 Å². The van der Waals surface area contributed by atoms with Crippen LogP contribution in [-0.2, 0) is 12.8 Å². The lowest BCUT2D eigenvalue weighted by atomic mass is 9.92. The third-order valence-electron chi connectivity index (χ3n) is 9.94. The van der Waals surface area contributed by atoms with Crippen molar-refractivity contribution in [3.05, 3.63) is 71.8 Å². The molecule has 254 valence electrons. The highest BCUT2D eigenvalue weighted by molar-refractivity contribution is 6.92. The van der Waals surface area contributed by atoms with Crippen LogP contribution in [0.3, 0.4) is 0 Å². The molecule has 0 saturated heterocycles. The molecular weight excluding hydrogens is 585 g/mol. The van der Waals surface area contributed by atoms with E-state index in [4.69, 9.17) is 0 Å². The molecule has 0 atom stereocenters. The van der Waals surface area contributed by atoms with E-state index in [-0.39, 0.29) is 0 Å². The Hall–Kier alpha value is -1.91. The zero-order valence-electron chi connectivity index (χ0n) is 31.5. The minimum absolute atomic E-state index is 1.21. The third-order valence-corrected chi connectivity index (χ3v) is 14.0. The van der Waals surface area contributed by atoms with Crippen LogP contribution in [0.4, 0.5) is 0 Å². The minimum Gasteiger partial charge on any atom is -0.0656 e. The van der Waals surface area contributed by atoms with Crippen molar-refractivity contribution in [1.29, 1.82) is 0 Å². The Bertz CT molecular complexity index is 1150. The molecule has 0 N–H and O–H groups in total. The molecule has 0 aromatic heterocycles. The second kappa shape index (κ2) is 19.8. The molecule has 3 rings (SSSR count). The van der Waals surface area contributed by atoms with Crippen LogP contribution in [0.25, 0.3) is 22.3 Å². The summed E-state index contributed by atoms with van der Waals surface area (Å²) in [5.74, 6) is 0. The summed E-state index contributed by atoms with van der Waals surface area (Å²) in [4.78, 5) is 0. The van der Waals surface area contributed by atoms with E-state index < -0.39 is 16.1 Å². The fraction of sp³-hybridized carbons (Fsp3) is 0.591. The summed E-state index contributed by atoms with van der Waals surface area (Å²) in [6.45, 7) is 19.7. The monoisotopic (exact) mass is 655 g/mol. The standard InChI is InChI=1S/C44H70Si2/c1-9-11-13-15-17-19-21-23-25-37-27-31-39(32-28-37)43-41(45(3,4)5)35-36-42(46(6,7)8)44(43)40-33-29-38(30-34-40)26-24-22-20-18-16-14-12-10-2/h27-36H,9-26H2,1-8H3. The van der Waals surface area contributed by atoms with Crippen molar-refractivity contribution in [2.75, 3.05) is 0 Å². The van der Waals surface area contributed by atoms with Gasteiger partial charge in [0.2, 0.25) is 0 Å². The maximum Gasteiger partial charge on any atom is 0.0784 e. The smallest absolute Gasteiger partial charge is 0.0656 e. The van der Waals surface area contributed by atoms with Crippen molar-refractivity contribution in [2.24, 2.45) is 0 Å². The molecule has 0 radical (unpaired) electrons. The van der Waals surface area contributed by atoms with Gasteiger partial charge < -0.3 is 0 Å². The van der Waals surface area contributed by atoms with Gasteiger partial charge in [-0.15, -0.1) is 0 Å². The lowest BCUT2D eigenvalue weighted by molar-refractivity contribution is 0.575. The fourth-order valence-corrected chi connectivity index (χ4v) is 10.3. The highest BCUT2D eigenvalue weighted by atomic mass is 28.3. The summed E-state index contributed by atoms with van der Waals surface area (Å²) in [5, 5.41) is 3.20. The maximum atomic E-state index is 2.52. The molecule has 0 fully saturated rings. The quantitative estimate of drug-likeness (QED) is 0.0747. The number of benzene rings is 3. The van der Waals surface area contributed by atoms with Gasteiger partial charge in [-0.1, -0.05) is 214 Å². The summed E-state index contributed by atoms with van der Waals surface area (Å²) in [5.41, 5.74) is 8.86. The molecule has 0 aliphatic rings. The molecule has 2 heteroatoms. The van der Waals surface area contributed by atoms with E-state index in [0.29, 0.717) is 0 Å². The number of hydrogen-bond acceptors (Lipinski definition) is 0. The van der Waals surface area contributed by atoms with Gasteiger partial charge in [0.05, 0.1) is 16.1 Å². The first kappa shape index (κ1) is 38.5. The fourth-order valence-electron chi connectivity index (χ4n) is 7.05. The highest BCUT2D eigenvalue weighted by Gasteiger charge is 2.29. The second-order valence-electron chi connectivity index (χ2n) is 16.3. The molecule has 0 saturated carbocycles. The molecular formula is C44H70Si2. The van der Waals surface area contributed by atoms with Gasteiger partial charge in [-0.3, -0.25) is 0 Å². The first-order valence-corrected chi connectivity index (χ1v) is 26.4. The molecule has 0 unspecified atom stereocenters.